The third-order valence-electron chi connectivity index (χ3n) is 4.01. The summed E-state index contributed by atoms with van der Waals surface area (Å²) in [6.45, 7) is 5.75. The molecule has 0 spiro atoms. The van der Waals surface area contributed by atoms with Gasteiger partial charge in [0.25, 0.3) is 5.91 Å². The summed E-state index contributed by atoms with van der Waals surface area (Å²) in [5.41, 5.74) is 0.593. The maximum atomic E-state index is 12.5. The standard InChI is InChI=1S/C19H21IN2O2S/c1-6-19(4,7-2)22-17(23)18(25-5)24-15-8-12(3)16-13(10-15)9-14(20)11-21-16/h1,8-11,18H,7H2,2-5H3,(H,22,23). The smallest absolute Gasteiger partial charge is 0.272 e. The Kier molecular flexibility index (Phi) is 6.58. The normalized spacial score (nSPS) is 14.4. The van der Waals surface area contributed by atoms with Gasteiger partial charge in [-0.15, -0.1) is 18.2 Å². The van der Waals surface area contributed by atoms with E-state index in [-0.39, 0.29) is 5.91 Å². The van der Waals surface area contributed by atoms with Crippen LogP contribution in [0.5, 0.6) is 5.75 Å². The van der Waals surface area contributed by atoms with Crippen molar-refractivity contribution in [2.24, 2.45) is 0 Å². The fourth-order valence-electron chi connectivity index (χ4n) is 2.33. The number of carbonyl (C=O) groups excluding carboxylic acids is 1. The maximum Gasteiger partial charge on any atom is 0.272 e. The van der Waals surface area contributed by atoms with Crippen LogP contribution in [0.1, 0.15) is 25.8 Å². The minimum Gasteiger partial charge on any atom is -0.470 e. The lowest BCUT2D eigenvalue weighted by Gasteiger charge is -2.26. The number of hydrogen-bond acceptors (Lipinski definition) is 4. The van der Waals surface area contributed by atoms with Crippen molar-refractivity contribution in [2.75, 3.05) is 6.26 Å². The SMILES string of the molecule is C#CC(C)(CC)NC(=O)C(Oc1cc(C)c2ncc(I)cc2c1)SC. The third-order valence-corrected chi connectivity index (χ3v) is 5.34. The van der Waals surface area contributed by atoms with E-state index in [2.05, 4.69) is 38.8 Å². The Labute approximate surface area is 166 Å². The van der Waals surface area contributed by atoms with E-state index in [1.807, 2.05) is 51.4 Å². The van der Waals surface area contributed by atoms with Gasteiger partial charge in [-0.3, -0.25) is 9.78 Å². The molecule has 1 amide bonds. The lowest BCUT2D eigenvalue weighted by molar-refractivity contribution is -0.125. The van der Waals surface area contributed by atoms with Gasteiger partial charge in [0, 0.05) is 15.2 Å². The molecule has 0 saturated carbocycles. The zero-order valence-electron chi connectivity index (χ0n) is 14.7. The highest BCUT2D eigenvalue weighted by atomic mass is 127. The predicted molar refractivity (Wildman–Crippen MR) is 113 cm³/mol. The van der Waals surface area contributed by atoms with E-state index in [0.717, 1.165) is 20.0 Å². The lowest BCUT2D eigenvalue weighted by atomic mass is 10.0. The van der Waals surface area contributed by atoms with Gasteiger partial charge in [-0.05, 0) is 72.9 Å². The predicted octanol–water partition coefficient (Wildman–Crippen LogP) is 4.13. The molecule has 1 heterocycles. The van der Waals surface area contributed by atoms with E-state index in [0.29, 0.717) is 12.2 Å². The Morgan fingerprint density at radius 2 is 2.24 bits per heavy atom. The lowest BCUT2D eigenvalue weighted by Crippen LogP contribution is -2.49. The first-order valence-electron chi connectivity index (χ1n) is 7.87. The molecule has 1 N–H and O–H groups in total. The topological polar surface area (TPSA) is 51.2 Å². The molecule has 25 heavy (non-hydrogen) atoms. The number of nitrogens with zero attached hydrogens (tertiary/aromatic N) is 1. The molecular weight excluding hydrogens is 447 g/mol. The number of hydrogen-bond donors (Lipinski definition) is 1. The highest BCUT2D eigenvalue weighted by Gasteiger charge is 2.27. The number of rotatable bonds is 6. The molecule has 2 rings (SSSR count). The molecule has 132 valence electrons. The van der Waals surface area contributed by atoms with Gasteiger partial charge >= 0.3 is 0 Å². The maximum absolute atomic E-state index is 12.5. The quantitative estimate of drug-likeness (QED) is 0.394. The Bertz CT molecular complexity index is 834. The van der Waals surface area contributed by atoms with Crippen molar-refractivity contribution in [3.8, 4) is 18.1 Å². The van der Waals surface area contributed by atoms with Crippen molar-refractivity contribution in [1.29, 1.82) is 0 Å². The van der Waals surface area contributed by atoms with Crippen LogP contribution >= 0.6 is 34.4 Å². The van der Waals surface area contributed by atoms with Crippen molar-refractivity contribution < 1.29 is 9.53 Å². The average Bonchev–Trinajstić information content (AvgIpc) is 2.58. The van der Waals surface area contributed by atoms with Crippen molar-refractivity contribution in [3.63, 3.8) is 0 Å². The summed E-state index contributed by atoms with van der Waals surface area (Å²) in [5, 5.41) is 3.88. The Morgan fingerprint density at radius 3 is 2.84 bits per heavy atom. The molecule has 0 saturated heterocycles. The number of nitrogens with one attached hydrogen (secondary N) is 1. The van der Waals surface area contributed by atoms with Gasteiger partial charge < -0.3 is 10.1 Å². The van der Waals surface area contributed by atoms with Crippen LogP contribution in [0.4, 0.5) is 0 Å². The molecule has 0 radical (unpaired) electrons. The van der Waals surface area contributed by atoms with Crippen molar-refractivity contribution in [1.82, 2.24) is 10.3 Å². The van der Waals surface area contributed by atoms with E-state index < -0.39 is 11.0 Å². The first-order valence-corrected chi connectivity index (χ1v) is 10.2. The van der Waals surface area contributed by atoms with E-state index >= 15 is 0 Å². The summed E-state index contributed by atoms with van der Waals surface area (Å²) in [6, 6.07) is 5.86. The molecule has 2 unspecified atom stereocenters. The zero-order chi connectivity index (χ0) is 18.6. The van der Waals surface area contributed by atoms with E-state index in [4.69, 9.17) is 11.2 Å². The molecular formula is C19H21IN2O2S. The zero-order valence-corrected chi connectivity index (χ0v) is 17.7. The number of thioether (sulfide) groups is 1. The number of pyridine rings is 1. The Balaban J connectivity index is 2.25. The van der Waals surface area contributed by atoms with Crippen LogP contribution in [0.25, 0.3) is 10.9 Å². The molecule has 1 aromatic carbocycles. The number of halogens is 1. The van der Waals surface area contributed by atoms with E-state index in [9.17, 15) is 4.79 Å². The van der Waals surface area contributed by atoms with Crippen molar-refractivity contribution in [3.05, 3.63) is 33.5 Å². The average molecular weight is 468 g/mol. The molecule has 6 heteroatoms. The largest absolute Gasteiger partial charge is 0.470 e. The van der Waals surface area contributed by atoms with Crippen molar-refractivity contribution >= 4 is 51.2 Å². The number of amides is 1. The molecule has 4 nitrogen and oxygen atoms in total. The summed E-state index contributed by atoms with van der Waals surface area (Å²) in [6.07, 6.45) is 9.85. The summed E-state index contributed by atoms with van der Waals surface area (Å²) < 4.78 is 6.99. The molecule has 0 aliphatic carbocycles. The number of fused-ring (bicyclic) bond motifs is 1. The fraction of sp³-hybridized carbons (Fsp3) is 0.368. The van der Waals surface area contributed by atoms with Gasteiger partial charge in [-0.1, -0.05) is 12.8 Å². The van der Waals surface area contributed by atoms with Crippen LogP contribution < -0.4 is 10.1 Å². The fourth-order valence-corrected chi connectivity index (χ4v) is 3.28. The van der Waals surface area contributed by atoms with Crippen molar-refractivity contribution in [2.45, 2.75) is 38.2 Å². The van der Waals surface area contributed by atoms with E-state index in [1.54, 1.807) is 0 Å². The second-order valence-corrected chi connectivity index (χ2v) is 8.12. The first kappa shape index (κ1) is 19.9. The van der Waals surface area contributed by atoms with Gasteiger partial charge in [-0.25, -0.2) is 0 Å². The van der Waals surface area contributed by atoms with Gasteiger partial charge in [0.05, 0.1) is 11.1 Å². The summed E-state index contributed by atoms with van der Waals surface area (Å²) in [5.74, 6) is 3.05. The number of benzene rings is 1. The molecule has 0 aliphatic heterocycles. The summed E-state index contributed by atoms with van der Waals surface area (Å²) in [4.78, 5) is 17.0. The minimum absolute atomic E-state index is 0.228. The molecule has 0 fully saturated rings. The number of aryl methyl sites for hydroxylation is 1. The second-order valence-electron chi connectivity index (χ2n) is 5.97. The first-order chi connectivity index (χ1) is 11.8. The monoisotopic (exact) mass is 468 g/mol. The highest BCUT2D eigenvalue weighted by molar-refractivity contribution is 14.1. The van der Waals surface area contributed by atoms with Crippen LogP contribution in [0.15, 0.2) is 24.4 Å². The number of carbonyl (C=O) groups is 1. The molecule has 1 aromatic heterocycles. The second kappa shape index (κ2) is 8.28. The van der Waals surface area contributed by atoms with E-state index in [1.165, 1.54) is 11.8 Å². The van der Waals surface area contributed by atoms with Gasteiger partial charge in [0.2, 0.25) is 5.44 Å². The van der Waals surface area contributed by atoms with Crippen LogP contribution in [0.3, 0.4) is 0 Å². The highest BCUT2D eigenvalue weighted by Crippen LogP contribution is 2.27. The summed E-state index contributed by atoms with van der Waals surface area (Å²) in [7, 11) is 0. The minimum atomic E-state index is -0.674. The Morgan fingerprint density at radius 1 is 1.52 bits per heavy atom. The van der Waals surface area contributed by atoms with Crippen LogP contribution in [0.2, 0.25) is 0 Å². The van der Waals surface area contributed by atoms with Gasteiger partial charge in [0.1, 0.15) is 5.75 Å². The van der Waals surface area contributed by atoms with Gasteiger partial charge in [0.15, 0.2) is 0 Å². The van der Waals surface area contributed by atoms with Crippen LogP contribution in [0, 0.1) is 22.8 Å². The number of terminal acetylenes is 1. The molecule has 0 bridgehead atoms. The Hall–Kier alpha value is -1.46. The molecule has 2 aromatic rings. The van der Waals surface area contributed by atoms with Crippen LogP contribution in [-0.2, 0) is 4.79 Å². The summed E-state index contributed by atoms with van der Waals surface area (Å²) >= 11 is 3.56. The molecule has 2 atom stereocenters. The van der Waals surface area contributed by atoms with Crippen LogP contribution in [-0.4, -0.2) is 28.1 Å². The van der Waals surface area contributed by atoms with Gasteiger partial charge in [-0.2, -0.15) is 0 Å². The number of aromatic nitrogens is 1. The number of ether oxygens (including phenoxy) is 1. The third kappa shape index (κ3) is 4.79. The molecule has 0 aliphatic rings.